The molecule has 1 aromatic carbocycles. The quantitative estimate of drug-likeness (QED) is 0.670. The van der Waals surface area contributed by atoms with Gasteiger partial charge >= 0.3 is 0 Å². The molecule has 0 saturated carbocycles. The van der Waals surface area contributed by atoms with Crippen molar-refractivity contribution in [2.45, 2.75) is 6.54 Å². The van der Waals surface area contributed by atoms with Crippen LogP contribution in [0.1, 0.15) is 10.8 Å². The lowest BCUT2D eigenvalue weighted by molar-refractivity contribution is -0.123. The number of para-hydroxylation sites is 2. The first-order chi connectivity index (χ1) is 11.2. The van der Waals surface area contributed by atoms with Crippen LogP contribution in [-0.2, 0) is 11.3 Å². The number of amides is 2. The van der Waals surface area contributed by atoms with Crippen LogP contribution in [0.15, 0.2) is 51.1 Å². The van der Waals surface area contributed by atoms with Gasteiger partial charge in [-0.1, -0.05) is 18.2 Å². The second-order valence-electron chi connectivity index (χ2n) is 4.86. The number of hydrogen-bond donors (Lipinski definition) is 0. The molecule has 5 nitrogen and oxygen atoms in total. The summed E-state index contributed by atoms with van der Waals surface area (Å²) in [7, 11) is 0. The van der Waals surface area contributed by atoms with E-state index in [9.17, 15) is 9.59 Å². The number of imide groups is 1. The van der Waals surface area contributed by atoms with Crippen LogP contribution < -0.4 is 0 Å². The molecule has 1 saturated heterocycles. The summed E-state index contributed by atoms with van der Waals surface area (Å²) in [6.07, 6.45) is 1.74. The molecule has 0 bridgehead atoms. The fourth-order valence-corrected chi connectivity index (χ4v) is 3.82. The normalized spacial score (nSPS) is 16.9. The van der Waals surface area contributed by atoms with Crippen molar-refractivity contribution in [3.05, 3.63) is 57.5 Å². The van der Waals surface area contributed by atoms with Gasteiger partial charge in [0.05, 0.1) is 4.91 Å². The average Bonchev–Trinajstić information content (AvgIpc) is 3.24. The van der Waals surface area contributed by atoms with Crippen molar-refractivity contribution in [1.29, 1.82) is 0 Å². The second kappa shape index (κ2) is 5.68. The van der Waals surface area contributed by atoms with Crippen LogP contribution >= 0.6 is 23.1 Å². The van der Waals surface area contributed by atoms with E-state index in [2.05, 4.69) is 4.98 Å². The van der Waals surface area contributed by atoms with E-state index in [1.165, 1.54) is 11.3 Å². The fourth-order valence-electron chi connectivity index (χ4n) is 2.26. The molecule has 2 aromatic heterocycles. The Morgan fingerprint density at radius 1 is 1.17 bits per heavy atom. The summed E-state index contributed by atoms with van der Waals surface area (Å²) in [5.74, 6) is 0.0431. The lowest BCUT2D eigenvalue weighted by atomic mass is 10.3. The molecular formula is C16H10N2O3S2. The van der Waals surface area contributed by atoms with Gasteiger partial charge in [-0.15, -0.1) is 11.3 Å². The number of thiophene rings is 1. The summed E-state index contributed by atoms with van der Waals surface area (Å²) < 4.78 is 5.58. The van der Waals surface area contributed by atoms with E-state index in [4.69, 9.17) is 4.42 Å². The molecule has 3 heterocycles. The third kappa shape index (κ3) is 2.69. The van der Waals surface area contributed by atoms with Crippen molar-refractivity contribution in [2.75, 3.05) is 0 Å². The van der Waals surface area contributed by atoms with E-state index < -0.39 is 0 Å². The van der Waals surface area contributed by atoms with Gasteiger partial charge in [0.1, 0.15) is 12.1 Å². The highest BCUT2D eigenvalue weighted by Crippen LogP contribution is 2.34. The minimum atomic E-state index is -0.310. The van der Waals surface area contributed by atoms with Crippen molar-refractivity contribution in [3.8, 4) is 0 Å². The van der Waals surface area contributed by atoms with Crippen molar-refractivity contribution in [1.82, 2.24) is 9.88 Å². The topological polar surface area (TPSA) is 63.4 Å². The zero-order valence-corrected chi connectivity index (χ0v) is 13.4. The molecule has 0 N–H and O–H groups in total. The first kappa shape index (κ1) is 14.2. The van der Waals surface area contributed by atoms with Crippen LogP contribution in [-0.4, -0.2) is 21.0 Å². The molecule has 23 heavy (non-hydrogen) atoms. The Morgan fingerprint density at radius 3 is 2.83 bits per heavy atom. The number of aromatic nitrogens is 1. The van der Waals surface area contributed by atoms with Crippen molar-refractivity contribution < 1.29 is 14.0 Å². The first-order valence-corrected chi connectivity index (χ1v) is 8.53. The highest BCUT2D eigenvalue weighted by Gasteiger charge is 2.36. The first-order valence-electron chi connectivity index (χ1n) is 6.84. The Balaban J connectivity index is 1.59. The zero-order valence-electron chi connectivity index (χ0n) is 11.8. The molecule has 7 heteroatoms. The summed E-state index contributed by atoms with van der Waals surface area (Å²) in [5.41, 5.74) is 1.35. The predicted octanol–water partition coefficient (Wildman–Crippen LogP) is 4.13. The molecule has 4 rings (SSSR count). The number of nitrogens with zero attached hydrogens (tertiary/aromatic N) is 2. The van der Waals surface area contributed by atoms with Crippen LogP contribution in [0.25, 0.3) is 17.2 Å². The Hall–Kier alpha value is -2.38. The second-order valence-corrected chi connectivity index (χ2v) is 6.83. The summed E-state index contributed by atoms with van der Waals surface area (Å²) in [4.78, 5) is 31.4. The molecule has 1 aliphatic rings. The molecule has 3 aromatic rings. The van der Waals surface area contributed by atoms with E-state index in [1.54, 1.807) is 12.1 Å². The van der Waals surface area contributed by atoms with Crippen LogP contribution in [0.2, 0.25) is 0 Å². The maximum Gasteiger partial charge on any atom is 0.294 e. The lowest BCUT2D eigenvalue weighted by Gasteiger charge is -2.08. The molecule has 1 fully saturated rings. The standard InChI is InChI=1S/C16H10N2O3S2/c19-15-13(8-10-4-3-7-22-10)23-16(20)18(15)9-14-17-11-5-1-2-6-12(11)21-14/h1-8H,9H2/b13-8-. The number of benzene rings is 1. The Labute approximate surface area is 139 Å². The molecule has 0 unspecified atom stereocenters. The minimum absolute atomic E-state index is 0.0428. The smallest absolute Gasteiger partial charge is 0.294 e. The number of hydrogen-bond acceptors (Lipinski definition) is 6. The summed E-state index contributed by atoms with van der Waals surface area (Å²) in [5, 5.41) is 1.62. The number of rotatable bonds is 3. The number of carbonyl (C=O) groups is 2. The van der Waals surface area contributed by atoms with Gasteiger partial charge in [-0.3, -0.25) is 14.5 Å². The molecule has 0 aliphatic carbocycles. The largest absolute Gasteiger partial charge is 0.439 e. The Bertz CT molecular complexity index is 895. The maximum atomic E-state index is 12.4. The summed E-state index contributed by atoms with van der Waals surface area (Å²) in [6, 6.07) is 11.1. The zero-order chi connectivity index (χ0) is 15.8. The predicted molar refractivity (Wildman–Crippen MR) is 89.8 cm³/mol. The van der Waals surface area contributed by atoms with E-state index >= 15 is 0 Å². The van der Waals surface area contributed by atoms with Crippen LogP contribution in [0.4, 0.5) is 4.79 Å². The Kier molecular flexibility index (Phi) is 3.51. The Morgan fingerprint density at radius 2 is 2.04 bits per heavy atom. The SMILES string of the molecule is O=C1S/C(=C\c2cccs2)C(=O)N1Cc1nc2ccccc2o1. The van der Waals surface area contributed by atoms with E-state index in [0.717, 1.165) is 21.5 Å². The average molecular weight is 342 g/mol. The van der Waals surface area contributed by atoms with Gasteiger partial charge in [0.2, 0.25) is 5.89 Å². The number of oxazole rings is 1. The van der Waals surface area contributed by atoms with Gasteiger partial charge in [0, 0.05) is 4.88 Å². The van der Waals surface area contributed by atoms with Gasteiger partial charge in [-0.05, 0) is 41.4 Å². The third-order valence-electron chi connectivity index (χ3n) is 3.32. The van der Waals surface area contributed by atoms with Gasteiger partial charge in [0.15, 0.2) is 5.58 Å². The molecule has 114 valence electrons. The molecule has 1 aliphatic heterocycles. The molecule has 0 radical (unpaired) electrons. The monoisotopic (exact) mass is 342 g/mol. The van der Waals surface area contributed by atoms with E-state index in [-0.39, 0.29) is 17.7 Å². The molecule has 2 amide bonds. The van der Waals surface area contributed by atoms with E-state index in [0.29, 0.717) is 21.9 Å². The minimum Gasteiger partial charge on any atom is -0.439 e. The van der Waals surface area contributed by atoms with E-state index in [1.807, 2.05) is 35.7 Å². The van der Waals surface area contributed by atoms with Gasteiger partial charge < -0.3 is 4.42 Å². The highest BCUT2D eigenvalue weighted by molar-refractivity contribution is 8.18. The number of thioether (sulfide) groups is 1. The summed E-state index contributed by atoms with van der Waals surface area (Å²) >= 11 is 2.46. The number of carbonyl (C=O) groups excluding carboxylic acids is 2. The summed E-state index contributed by atoms with van der Waals surface area (Å²) in [6.45, 7) is 0.0428. The van der Waals surface area contributed by atoms with Crippen LogP contribution in [0, 0.1) is 0 Å². The van der Waals surface area contributed by atoms with Crippen molar-refractivity contribution in [3.63, 3.8) is 0 Å². The lowest BCUT2D eigenvalue weighted by Crippen LogP contribution is -2.27. The van der Waals surface area contributed by atoms with Gasteiger partial charge in [0.25, 0.3) is 11.1 Å². The highest BCUT2D eigenvalue weighted by atomic mass is 32.2. The molecule has 0 atom stereocenters. The van der Waals surface area contributed by atoms with Crippen LogP contribution in [0.3, 0.4) is 0 Å². The molecular weight excluding hydrogens is 332 g/mol. The van der Waals surface area contributed by atoms with Crippen molar-refractivity contribution >= 4 is 51.4 Å². The molecule has 0 spiro atoms. The fraction of sp³-hybridized carbons (Fsp3) is 0.0625. The van der Waals surface area contributed by atoms with Gasteiger partial charge in [-0.25, -0.2) is 4.98 Å². The maximum absolute atomic E-state index is 12.4. The van der Waals surface area contributed by atoms with Crippen molar-refractivity contribution in [2.24, 2.45) is 0 Å². The number of fused-ring (bicyclic) bond motifs is 1. The van der Waals surface area contributed by atoms with Gasteiger partial charge in [-0.2, -0.15) is 0 Å². The third-order valence-corrected chi connectivity index (χ3v) is 5.05. The van der Waals surface area contributed by atoms with Crippen LogP contribution in [0.5, 0.6) is 0 Å².